The zero-order valence-electron chi connectivity index (χ0n) is 10.4. The molecule has 0 radical (unpaired) electrons. The Hall–Kier alpha value is -1.07. The molecule has 3 nitrogen and oxygen atoms in total. The molecule has 1 aromatic rings. The smallest absolute Gasteiger partial charge is 0.245 e. The molecule has 1 amide bonds. The van der Waals surface area contributed by atoms with Crippen molar-refractivity contribution in [3.63, 3.8) is 0 Å². The molecule has 0 aliphatic heterocycles. The van der Waals surface area contributed by atoms with Gasteiger partial charge in [0.15, 0.2) is 0 Å². The van der Waals surface area contributed by atoms with Crippen molar-refractivity contribution in [1.82, 2.24) is 5.32 Å². The van der Waals surface area contributed by atoms with Crippen LogP contribution in [0.2, 0.25) is 0 Å². The minimum absolute atomic E-state index is 0.0800. The van der Waals surface area contributed by atoms with E-state index in [1.165, 1.54) is 12.1 Å². The molecule has 0 fully saturated rings. The van der Waals surface area contributed by atoms with Gasteiger partial charge in [-0.1, -0.05) is 0 Å². The molecule has 0 atom stereocenters. The normalized spacial score (nSPS) is 10.3. The summed E-state index contributed by atoms with van der Waals surface area (Å²) in [6.07, 6.45) is 0.875. The van der Waals surface area contributed by atoms with Crippen molar-refractivity contribution < 1.29 is 13.9 Å². The maximum atomic E-state index is 12.7. The van der Waals surface area contributed by atoms with E-state index >= 15 is 0 Å². The van der Waals surface area contributed by atoms with Crippen LogP contribution < -0.4 is 5.32 Å². The molecule has 0 aromatic heterocycles. The Morgan fingerprint density at radius 2 is 2.11 bits per heavy atom. The number of hydrogen-bond acceptors (Lipinski definition) is 3. The lowest BCUT2D eigenvalue weighted by atomic mass is 10.4. The zero-order chi connectivity index (χ0) is 13.2. The Kier molecular flexibility index (Phi) is 7.44. The third kappa shape index (κ3) is 6.61. The Labute approximate surface area is 111 Å². The average molecular weight is 271 g/mol. The predicted octanol–water partition coefficient (Wildman–Crippen LogP) is 2.46. The van der Waals surface area contributed by atoms with Gasteiger partial charge in [0.1, 0.15) is 12.4 Å². The minimum Gasteiger partial charge on any atom is -0.372 e. The maximum absolute atomic E-state index is 12.7. The minimum atomic E-state index is -0.220. The first-order valence-corrected chi connectivity index (χ1v) is 6.93. The van der Waals surface area contributed by atoms with Crippen LogP contribution in [-0.2, 0) is 9.53 Å². The summed E-state index contributed by atoms with van der Waals surface area (Å²) in [6, 6.07) is 6.42. The molecule has 0 aliphatic rings. The molecule has 18 heavy (non-hydrogen) atoms. The molecule has 0 unspecified atom stereocenters. The first-order chi connectivity index (χ1) is 8.72. The first kappa shape index (κ1) is 15.0. The van der Waals surface area contributed by atoms with E-state index in [1.807, 2.05) is 6.92 Å². The number of nitrogens with one attached hydrogen (secondary N) is 1. The lowest BCUT2D eigenvalue weighted by molar-refractivity contribution is -0.125. The molecule has 0 bridgehead atoms. The molecule has 1 rings (SSSR count). The summed E-state index contributed by atoms with van der Waals surface area (Å²) < 4.78 is 17.6. The second-order valence-electron chi connectivity index (χ2n) is 3.64. The molecule has 1 aromatic carbocycles. The van der Waals surface area contributed by atoms with Gasteiger partial charge >= 0.3 is 0 Å². The highest BCUT2D eigenvalue weighted by Gasteiger charge is 1.99. The third-order valence-electron chi connectivity index (χ3n) is 2.16. The molecule has 1 N–H and O–H groups in total. The number of ether oxygens (including phenoxy) is 1. The first-order valence-electron chi connectivity index (χ1n) is 5.95. The van der Waals surface area contributed by atoms with Crippen LogP contribution in [-0.4, -0.2) is 31.4 Å². The second kappa shape index (κ2) is 8.94. The van der Waals surface area contributed by atoms with Crippen molar-refractivity contribution in [2.24, 2.45) is 0 Å². The van der Waals surface area contributed by atoms with Crippen molar-refractivity contribution in [3.8, 4) is 0 Å². The molecule has 0 heterocycles. The van der Waals surface area contributed by atoms with E-state index in [2.05, 4.69) is 5.32 Å². The number of amides is 1. The van der Waals surface area contributed by atoms with E-state index in [9.17, 15) is 9.18 Å². The van der Waals surface area contributed by atoms with Crippen LogP contribution >= 0.6 is 11.8 Å². The quantitative estimate of drug-likeness (QED) is 0.583. The van der Waals surface area contributed by atoms with E-state index in [-0.39, 0.29) is 18.3 Å². The van der Waals surface area contributed by atoms with Gasteiger partial charge in [0, 0.05) is 18.0 Å². The Morgan fingerprint density at radius 3 is 2.78 bits per heavy atom. The summed E-state index contributed by atoms with van der Waals surface area (Å²) in [5.41, 5.74) is 0. The zero-order valence-corrected chi connectivity index (χ0v) is 11.3. The lowest BCUT2D eigenvalue weighted by Gasteiger charge is -2.05. The molecular formula is C13H18FNO2S. The average Bonchev–Trinajstić information content (AvgIpc) is 2.38. The van der Waals surface area contributed by atoms with Crippen molar-refractivity contribution in [1.29, 1.82) is 0 Å². The van der Waals surface area contributed by atoms with E-state index in [1.54, 1.807) is 23.9 Å². The van der Waals surface area contributed by atoms with Crippen LogP contribution in [0, 0.1) is 5.82 Å². The number of rotatable bonds is 8. The molecule has 0 saturated carbocycles. The van der Waals surface area contributed by atoms with Crippen LogP contribution in [0.1, 0.15) is 13.3 Å². The third-order valence-corrected chi connectivity index (χ3v) is 3.26. The fraction of sp³-hybridized carbons (Fsp3) is 0.462. The number of benzene rings is 1. The van der Waals surface area contributed by atoms with E-state index in [4.69, 9.17) is 4.74 Å². The fourth-order valence-electron chi connectivity index (χ4n) is 1.27. The van der Waals surface area contributed by atoms with Crippen LogP contribution in [0.25, 0.3) is 0 Å². The largest absolute Gasteiger partial charge is 0.372 e. The van der Waals surface area contributed by atoms with E-state index in [0.29, 0.717) is 13.2 Å². The number of carbonyl (C=O) groups excluding carboxylic acids is 1. The van der Waals surface area contributed by atoms with E-state index in [0.717, 1.165) is 17.1 Å². The van der Waals surface area contributed by atoms with Gasteiger partial charge < -0.3 is 10.1 Å². The molecule has 0 spiro atoms. The fourth-order valence-corrected chi connectivity index (χ4v) is 2.12. The Balaban J connectivity index is 2.05. The summed E-state index contributed by atoms with van der Waals surface area (Å²) in [5.74, 6) is 0.590. The predicted molar refractivity (Wildman–Crippen MR) is 71.2 cm³/mol. The van der Waals surface area contributed by atoms with Gasteiger partial charge in [-0.3, -0.25) is 4.79 Å². The number of carbonyl (C=O) groups is 1. The Morgan fingerprint density at radius 1 is 1.39 bits per heavy atom. The van der Waals surface area contributed by atoms with Crippen molar-refractivity contribution in [2.45, 2.75) is 18.2 Å². The standard InChI is InChI=1S/C13H18FNO2S/c1-2-17-10-13(16)15-8-3-9-18-12-6-4-11(14)5-7-12/h4-7H,2-3,8-10H2,1H3,(H,15,16). The molecule has 0 saturated heterocycles. The lowest BCUT2D eigenvalue weighted by Crippen LogP contribution is -2.28. The van der Waals surface area contributed by atoms with Gasteiger partial charge in [0.05, 0.1) is 0 Å². The summed E-state index contributed by atoms with van der Waals surface area (Å²) in [6.45, 7) is 3.17. The van der Waals surface area contributed by atoms with Crippen LogP contribution in [0.4, 0.5) is 4.39 Å². The molecule has 5 heteroatoms. The summed E-state index contributed by atoms with van der Waals surface area (Å²) in [4.78, 5) is 12.2. The number of halogens is 1. The van der Waals surface area contributed by atoms with Crippen LogP contribution in [0.5, 0.6) is 0 Å². The summed E-state index contributed by atoms with van der Waals surface area (Å²) >= 11 is 1.65. The molecular weight excluding hydrogens is 253 g/mol. The summed E-state index contributed by atoms with van der Waals surface area (Å²) in [5, 5.41) is 2.78. The number of hydrogen-bond donors (Lipinski definition) is 1. The SMILES string of the molecule is CCOCC(=O)NCCCSc1ccc(F)cc1. The van der Waals surface area contributed by atoms with Gasteiger partial charge in [-0.05, 0) is 43.4 Å². The highest BCUT2D eigenvalue weighted by Crippen LogP contribution is 2.18. The van der Waals surface area contributed by atoms with Gasteiger partial charge in [-0.25, -0.2) is 4.39 Å². The van der Waals surface area contributed by atoms with Gasteiger partial charge in [0.2, 0.25) is 5.91 Å². The highest BCUT2D eigenvalue weighted by atomic mass is 32.2. The Bertz CT molecular complexity index is 357. The number of thioether (sulfide) groups is 1. The summed E-state index contributed by atoms with van der Waals surface area (Å²) in [7, 11) is 0. The van der Waals surface area contributed by atoms with Crippen molar-refractivity contribution in [2.75, 3.05) is 25.5 Å². The highest BCUT2D eigenvalue weighted by molar-refractivity contribution is 7.99. The van der Waals surface area contributed by atoms with Crippen LogP contribution in [0.15, 0.2) is 29.2 Å². The topological polar surface area (TPSA) is 38.3 Å². The monoisotopic (exact) mass is 271 g/mol. The maximum Gasteiger partial charge on any atom is 0.245 e. The van der Waals surface area contributed by atoms with Crippen molar-refractivity contribution >= 4 is 17.7 Å². The second-order valence-corrected chi connectivity index (χ2v) is 4.81. The van der Waals surface area contributed by atoms with E-state index < -0.39 is 0 Å². The van der Waals surface area contributed by atoms with Crippen LogP contribution in [0.3, 0.4) is 0 Å². The van der Waals surface area contributed by atoms with Crippen molar-refractivity contribution in [3.05, 3.63) is 30.1 Å². The molecule has 0 aliphatic carbocycles. The molecule has 100 valence electrons. The van der Waals surface area contributed by atoms with Gasteiger partial charge in [-0.2, -0.15) is 0 Å². The van der Waals surface area contributed by atoms with Gasteiger partial charge in [-0.15, -0.1) is 11.8 Å². The van der Waals surface area contributed by atoms with Gasteiger partial charge in [0.25, 0.3) is 0 Å².